The van der Waals surface area contributed by atoms with Crippen LogP contribution >= 0.6 is 0 Å². The van der Waals surface area contributed by atoms with E-state index in [9.17, 15) is 0 Å². The summed E-state index contributed by atoms with van der Waals surface area (Å²) in [6.07, 6.45) is 8.45. The molecule has 0 saturated heterocycles. The largest absolute Gasteiger partial charge is 0.316 e. The molecule has 1 aliphatic rings. The van der Waals surface area contributed by atoms with Gasteiger partial charge in [-0.3, -0.25) is 4.68 Å². The summed E-state index contributed by atoms with van der Waals surface area (Å²) in [5, 5.41) is 11.8. The van der Waals surface area contributed by atoms with Crippen LogP contribution in [0.3, 0.4) is 0 Å². The van der Waals surface area contributed by atoms with Crippen LogP contribution in [0.5, 0.6) is 0 Å². The van der Waals surface area contributed by atoms with Gasteiger partial charge in [-0.05, 0) is 50.0 Å². The van der Waals surface area contributed by atoms with Crippen molar-refractivity contribution in [3.05, 3.63) is 11.9 Å². The van der Waals surface area contributed by atoms with Gasteiger partial charge in [0.2, 0.25) is 0 Å². The Hall–Kier alpha value is -0.900. The lowest BCUT2D eigenvalue weighted by molar-refractivity contribution is 0.134. The van der Waals surface area contributed by atoms with Crippen molar-refractivity contribution in [1.82, 2.24) is 20.3 Å². The van der Waals surface area contributed by atoms with Gasteiger partial charge in [0.05, 0.1) is 5.69 Å². The predicted octanol–water partition coefficient (Wildman–Crippen LogP) is 2.80. The van der Waals surface area contributed by atoms with Gasteiger partial charge in [0.1, 0.15) is 0 Å². The molecule has 0 bridgehead atoms. The summed E-state index contributed by atoms with van der Waals surface area (Å²) in [6, 6.07) is 0.535. The number of hydrogen-bond acceptors (Lipinski definition) is 3. The zero-order chi connectivity index (χ0) is 14.8. The Morgan fingerprint density at radius 3 is 2.40 bits per heavy atom. The monoisotopic (exact) mass is 278 g/mol. The van der Waals surface area contributed by atoms with E-state index in [0.717, 1.165) is 24.0 Å². The summed E-state index contributed by atoms with van der Waals surface area (Å²) in [7, 11) is 4.01. The number of nitrogens with one attached hydrogen (secondary N) is 1. The van der Waals surface area contributed by atoms with Gasteiger partial charge >= 0.3 is 0 Å². The molecule has 1 unspecified atom stereocenters. The topological polar surface area (TPSA) is 42.7 Å². The lowest BCUT2D eigenvalue weighted by Gasteiger charge is -2.39. The minimum atomic E-state index is 0.463. The first-order valence-electron chi connectivity index (χ1n) is 7.92. The predicted molar refractivity (Wildman–Crippen MR) is 82.5 cm³/mol. The molecule has 2 rings (SSSR count). The number of rotatable bonds is 4. The molecule has 0 spiro atoms. The summed E-state index contributed by atoms with van der Waals surface area (Å²) < 4.78 is 1.79. The maximum atomic E-state index is 4.23. The van der Waals surface area contributed by atoms with E-state index in [1.807, 2.05) is 13.2 Å². The van der Waals surface area contributed by atoms with Crippen LogP contribution in [-0.4, -0.2) is 28.1 Å². The highest BCUT2D eigenvalue weighted by molar-refractivity contribution is 4.98. The van der Waals surface area contributed by atoms with Crippen LogP contribution in [-0.2, 0) is 13.5 Å². The van der Waals surface area contributed by atoms with Crippen LogP contribution in [0.4, 0.5) is 0 Å². The van der Waals surface area contributed by atoms with Gasteiger partial charge in [-0.1, -0.05) is 26.0 Å². The number of hydrogen-bond donors (Lipinski definition) is 1. The van der Waals surface area contributed by atoms with Crippen molar-refractivity contribution in [3.8, 4) is 0 Å². The van der Waals surface area contributed by atoms with Crippen molar-refractivity contribution in [2.45, 2.75) is 58.9 Å². The van der Waals surface area contributed by atoms with E-state index in [1.54, 1.807) is 4.68 Å². The van der Waals surface area contributed by atoms with Crippen LogP contribution < -0.4 is 5.32 Å². The molecule has 4 nitrogen and oxygen atoms in total. The second-order valence-electron chi connectivity index (χ2n) is 7.46. The van der Waals surface area contributed by atoms with Crippen molar-refractivity contribution < 1.29 is 0 Å². The van der Waals surface area contributed by atoms with Crippen molar-refractivity contribution in [3.63, 3.8) is 0 Å². The lowest BCUT2D eigenvalue weighted by atomic mass is 9.68. The maximum Gasteiger partial charge on any atom is 0.0842 e. The molecule has 1 aliphatic carbocycles. The highest BCUT2D eigenvalue weighted by Crippen LogP contribution is 2.40. The summed E-state index contributed by atoms with van der Waals surface area (Å²) in [6.45, 7) is 7.15. The molecular weight excluding hydrogens is 248 g/mol. The minimum absolute atomic E-state index is 0.463. The smallest absolute Gasteiger partial charge is 0.0842 e. The highest BCUT2D eigenvalue weighted by Gasteiger charge is 2.32. The van der Waals surface area contributed by atoms with E-state index in [0.29, 0.717) is 11.5 Å². The third-order valence-corrected chi connectivity index (χ3v) is 5.02. The third-order valence-electron chi connectivity index (χ3n) is 5.02. The SMILES string of the molecule is CNC(Cc1cn(C)nn1)C1CCC(C(C)(C)C)CC1. The molecule has 1 aromatic rings. The molecule has 1 fully saturated rings. The van der Waals surface area contributed by atoms with E-state index in [1.165, 1.54) is 25.7 Å². The first-order chi connectivity index (χ1) is 9.40. The van der Waals surface area contributed by atoms with Gasteiger partial charge in [-0.15, -0.1) is 5.10 Å². The number of aromatic nitrogens is 3. The van der Waals surface area contributed by atoms with Crippen molar-refractivity contribution in [2.24, 2.45) is 24.3 Å². The number of aryl methyl sites for hydroxylation is 1. The Balaban J connectivity index is 1.90. The highest BCUT2D eigenvalue weighted by atomic mass is 15.4. The molecule has 1 aromatic heterocycles. The van der Waals surface area contributed by atoms with Crippen molar-refractivity contribution in [1.29, 1.82) is 0 Å². The zero-order valence-electron chi connectivity index (χ0n) is 13.7. The maximum absolute atomic E-state index is 4.23. The van der Waals surface area contributed by atoms with Crippen LogP contribution in [0.25, 0.3) is 0 Å². The van der Waals surface area contributed by atoms with E-state index < -0.39 is 0 Å². The van der Waals surface area contributed by atoms with E-state index >= 15 is 0 Å². The van der Waals surface area contributed by atoms with Crippen molar-refractivity contribution >= 4 is 0 Å². The molecule has 1 saturated carbocycles. The van der Waals surface area contributed by atoms with Gasteiger partial charge in [-0.25, -0.2) is 0 Å². The molecule has 0 aliphatic heterocycles. The molecule has 0 radical (unpaired) electrons. The third kappa shape index (κ3) is 3.81. The second kappa shape index (κ2) is 6.25. The lowest BCUT2D eigenvalue weighted by Crippen LogP contribution is -2.39. The molecule has 1 N–H and O–H groups in total. The summed E-state index contributed by atoms with van der Waals surface area (Å²) in [5.41, 5.74) is 1.56. The Morgan fingerprint density at radius 2 is 1.95 bits per heavy atom. The van der Waals surface area contributed by atoms with Crippen LogP contribution in [0.1, 0.15) is 52.1 Å². The van der Waals surface area contributed by atoms with Crippen LogP contribution in [0.15, 0.2) is 6.20 Å². The fourth-order valence-corrected chi connectivity index (χ4v) is 3.61. The van der Waals surface area contributed by atoms with E-state index in [4.69, 9.17) is 0 Å². The molecule has 4 heteroatoms. The van der Waals surface area contributed by atoms with Gasteiger partial charge in [0, 0.05) is 25.7 Å². The van der Waals surface area contributed by atoms with Gasteiger partial charge in [0.25, 0.3) is 0 Å². The quantitative estimate of drug-likeness (QED) is 0.921. The summed E-state index contributed by atoms with van der Waals surface area (Å²) in [4.78, 5) is 0. The van der Waals surface area contributed by atoms with Gasteiger partial charge in [-0.2, -0.15) is 0 Å². The summed E-state index contributed by atoms with van der Waals surface area (Å²) in [5.74, 6) is 1.66. The van der Waals surface area contributed by atoms with Crippen molar-refractivity contribution in [2.75, 3.05) is 7.05 Å². The second-order valence-corrected chi connectivity index (χ2v) is 7.46. The first kappa shape index (κ1) is 15.5. The average Bonchev–Trinajstić information content (AvgIpc) is 2.81. The molecular formula is C16H30N4. The molecule has 1 heterocycles. The standard InChI is InChI=1S/C16H30N4/c1-16(2,3)13-8-6-12(7-9-13)15(17-4)10-14-11-20(5)19-18-14/h11-13,15,17H,6-10H2,1-5H3. The Labute approximate surface area is 123 Å². The Morgan fingerprint density at radius 1 is 1.30 bits per heavy atom. The number of likely N-dealkylation sites (N-methyl/N-ethyl adjacent to an activating group) is 1. The van der Waals surface area contributed by atoms with Crippen LogP contribution in [0.2, 0.25) is 0 Å². The number of nitrogens with zero attached hydrogens (tertiary/aromatic N) is 3. The normalized spacial score (nSPS) is 25.6. The molecule has 114 valence electrons. The van der Waals surface area contributed by atoms with Gasteiger partial charge in [0.15, 0.2) is 0 Å². The Bertz CT molecular complexity index is 410. The molecule has 20 heavy (non-hydrogen) atoms. The first-order valence-corrected chi connectivity index (χ1v) is 7.92. The summed E-state index contributed by atoms with van der Waals surface area (Å²) >= 11 is 0. The van der Waals surface area contributed by atoms with Crippen LogP contribution in [0, 0.1) is 17.3 Å². The molecule has 0 aromatic carbocycles. The Kier molecular flexibility index (Phi) is 4.84. The molecule has 0 amide bonds. The fourth-order valence-electron chi connectivity index (χ4n) is 3.61. The minimum Gasteiger partial charge on any atom is -0.316 e. The fraction of sp³-hybridized carbons (Fsp3) is 0.875. The van der Waals surface area contributed by atoms with E-state index in [-0.39, 0.29) is 0 Å². The van der Waals surface area contributed by atoms with E-state index in [2.05, 4.69) is 43.4 Å². The zero-order valence-corrected chi connectivity index (χ0v) is 13.7. The van der Waals surface area contributed by atoms with Gasteiger partial charge < -0.3 is 5.32 Å². The molecule has 1 atom stereocenters. The average molecular weight is 278 g/mol.